The molecule has 0 radical (unpaired) electrons. The van der Waals surface area contributed by atoms with Crippen LogP contribution in [0.2, 0.25) is 0 Å². The summed E-state index contributed by atoms with van der Waals surface area (Å²) in [5, 5.41) is 5.39. The molecule has 5 nitrogen and oxygen atoms in total. The van der Waals surface area contributed by atoms with E-state index in [-0.39, 0.29) is 18.4 Å². The lowest BCUT2D eigenvalue weighted by atomic mass is 9.84. The highest BCUT2D eigenvalue weighted by molar-refractivity contribution is 5.84. The highest BCUT2D eigenvalue weighted by Gasteiger charge is 2.19. The minimum atomic E-state index is -0.112. The molecule has 1 saturated carbocycles. The lowest BCUT2D eigenvalue weighted by molar-refractivity contribution is -0.126. The zero-order valence-electron chi connectivity index (χ0n) is 11.9. The van der Waals surface area contributed by atoms with Crippen LogP contribution >= 0.6 is 0 Å². The molecule has 1 fully saturated rings. The predicted octanol–water partition coefficient (Wildman–Crippen LogP) is 0.927. The van der Waals surface area contributed by atoms with Crippen LogP contribution in [0.3, 0.4) is 0 Å². The van der Waals surface area contributed by atoms with Crippen molar-refractivity contribution in [1.82, 2.24) is 10.6 Å². The van der Waals surface area contributed by atoms with Gasteiger partial charge in [0.15, 0.2) is 0 Å². The minimum Gasteiger partial charge on any atom is -0.355 e. The Balaban J connectivity index is 2.06. The number of carbonyl (C=O) groups is 2. The van der Waals surface area contributed by atoms with Gasteiger partial charge in [-0.3, -0.25) is 9.59 Å². The standard InChI is InChI=1S/C14H27N3O2/c1-2-9-16-14(19)10-17-13(18)8-5-11-3-6-12(15)7-4-11/h11-12H,2-10,15H2,1H3,(H,16,19)(H,17,18). The van der Waals surface area contributed by atoms with Crippen molar-refractivity contribution in [1.29, 1.82) is 0 Å². The van der Waals surface area contributed by atoms with Crippen LogP contribution in [-0.4, -0.2) is 30.9 Å². The summed E-state index contributed by atoms with van der Waals surface area (Å²) in [6, 6.07) is 0.354. The molecule has 0 heterocycles. The number of hydrogen-bond donors (Lipinski definition) is 3. The fraction of sp³-hybridized carbons (Fsp3) is 0.857. The van der Waals surface area contributed by atoms with Crippen molar-refractivity contribution in [2.45, 2.75) is 57.9 Å². The van der Waals surface area contributed by atoms with Gasteiger partial charge in [-0.2, -0.15) is 0 Å². The van der Waals surface area contributed by atoms with Crippen LogP contribution in [0, 0.1) is 5.92 Å². The number of nitrogens with two attached hydrogens (primary N) is 1. The molecule has 4 N–H and O–H groups in total. The summed E-state index contributed by atoms with van der Waals surface area (Å²) in [4.78, 5) is 22.9. The first-order valence-corrected chi connectivity index (χ1v) is 7.40. The lowest BCUT2D eigenvalue weighted by Gasteiger charge is -2.25. The summed E-state index contributed by atoms with van der Waals surface area (Å²) in [6.45, 7) is 2.75. The second-order valence-electron chi connectivity index (χ2n) is 5.45. The Labute approximate surface area is 115 Å². The van der Waals surface area contributed by atoms with Gasteiger partial charge in [0.25, 0.3) is 0 Å². The predicted molar refractivity (Wildman–Crippen MR) is 75.5 cm³/mol. The number of hydrogen-bond acceptors (Lipinski definition) is 3. The maximum atomic E-state index is 11.6. The normalized spacial score (nSPS) is 22.8. The molecule has 0 atom stereocenters. The number of amides is 2. The molecule has 1 aliphatic carbocycles. The molecular formula is C14H27N3O2. The average molecular weight is 269 g/mol. The molecule has 19 heavy (non-hydrogen) atoms. The lowest BCUT2D eigenvalue weighted by Crippen LogP contribution is -2.37. The van der Waals surface area contributed by atoms with Crippen LogP contribution in [0.15, 0.2) is 0 Å². The quantitative estimate of drug-likeness (QED) is 0.643. The van der Waals surface area contributed by atoms with Gasteiger partial charge >= 0.3 is 0 Å². The molecular weight excluding hydrogens is 242 g/mol. The molecule has 0 aromatic heterocycles. The van der Waals surface area contributed by atoms with Gasteiger partial charge in [-0.05, 0) is 44.4 Å². The topological polar surface area (TPSA) is 84.2 Å². The van der Waals surface area contributed by atoms with E-state index in [0.29, 0.717) is 24.9 Å². The summed E-state index contributed by atoms with van der Waals surface area (Å²) in [6.07, 6.45) is 6.74. The minimum absolute atomic E-state index is 0.0264. The molecule has 0 unspecified atom stereocenters. The Hall–Kier alpha value is -1.10. The van der Waals surface area contributed by atoms with Crippen LogP contribution < -0.4 is 16.4 Å². The van der Waals surface area contributed by atoms with Gasteiger partial charge in [0.2, 0.25) is 11.8 Å². The van der Waals surface area contributed by atoms with Gasteiger partial charge in [-0.1, -0.05) is 6.92 Å². The van der Waals surface area contributed by atoms with Crippen LogP contribution in [0.5, 0.6) is 0 Å². The van der Waals surface area contributed by atoms with E-state index in [1.165, 1.54) is 0 Å². The van der Waals surface area contributed by atoms with Gasteiger partial charge in [0, 0.05) is 19.0 Å². The van der Waals surface area contributed by atoms with Gasteiger partial charge < -0.3 is 16.4 Å². The van der Waals surface area contributed by atoms with Crippen molar-refractivity contribution in [3.8, 4) is 0 Å². The summed E-state index contributed by atoms with van der Waals surface area (Å²) in [5.74, 6) is 0.486. The summed E-state index contributed by atoms with van der Waals surface area (Å²) < 4.78 is 0. The van der Waals surface area contributed by atoms with Gasteiger partial charge in [-0.25, -0.2) is 0 Å². The largest absolute Gasteiger partial charge is 0.355 e. The highest BCUT2D eigenvalue weighted by Crippen LogP contribution is 2.26. The SMILES string of the molecule is CCCNC(=O)CNC(=O)CCC1CCC(N)CC1. The molecule has 0 spiro atoms. The van der Waals surface area contributed by atoms with Crippen LogP contribution in [0.1, 0.15) is 51.9 Å². The maximum Gasteiger partial charge on any atom is 0.239 e. The fourth-order valence-electron chi connectivity index (χ4n) is 2.41. The second kappa shape index (κ2) is 8.91. The monoisotopic (exact) mass is 269 g/mol. The van der Waals surface area contributed by atoms with Gasteiger partial charge in [0.1, 0.15) is 0 Å². The average Bonchev–Trinajstić information content (AvgIpc) is 2.42. The maximum absolute atomic E-state index is 11.6. The first-order valence-electron chi connectivity index (χ1n) is 7.40. The summed E-state index contributed by atoms with van der Waals surface area (Å²) >= 11 is 0. The van der Waals surface area contributed by atoms with E-state index in [2.05, 4.69) is 10.6 Å². The number of carbonyl (C=O) groups excluding carboxylic acids is 2. The van der Waals surface area contributed by atoms with Crippen LogP contribution in [0.4, 0.5) is 0 Å². The first-order chi connectivity index (χ1) is 9.11. The molecule has 0 saturated heterocycles. The summed E-state index contributed by atoms with van der Waals surface area (Å²) in [5.41, 5.74) is 5.85. The van der Waals surface area contributed by atoms with Gasteiger partial charge in [0.05, 0.1) is 6.54 Å². The smallest absolute Gasteiger partial charge is 0.239 e. The van der Waals surface area contributed by atoms with Crippen molar-refractivity contribution in [2.75, 3.05) is 13.1 Å². The van der Waals surface area contributed by atoms with Crippen molar-refractivity contribution in [2.24, 2.45) is 11.7 Å². The fourth-order valence-corrected chi connectivity index (χ4v) is 2.41. The van der Waals surface area contributed by atoms with E-state index in [4.69, 9.17) is 5.73 Å². The first kappa shape index (κ1) is 16.0. The van der Waals surface area contributed by atoms with Crippen molar-refractivity contribution >= 4 is 11.8 Å². The third-order valence-corrected chi connectivity index (χ3v) is 3.69. The van der Waals surface area contributed by atoms with E-state index < -0.39 is 0 Å². The van der Waals surface area contributed by atoms with E-state index in [9.17, 15) is 9.59 Å². The zero-order chi connectivity index (χ0) is 14.1. The molecule has 2 amide bonds. The Kier molecular flexibility index (Phi) is 7.48. The number of rotatable bonds is 7. The van der Waals surface area contributed by atoms with E-state index >= 15 is 0 Å². The van der Waals surface area contributed by atoms with Crippen molar-refractivity contribution in [3.05, 3.63) is 0 Å². The molecule has 5 heteroatoms. The van der Waals surface area contributed by atoms with Gasteiger partial charge in [-0.15, -0.1) is 0 Å². The number of nitrogens with one attached hydrogen (secondary N) is 2. The molecule has 0 aromatic rings. The molecule has 1 aliphatic rings. The molecule has 0 aliphatic heterocycles. The molecule has 0 aromatic carbocycles. The Morgan fingerprint density at radius 1 is 1.11 bits per heavy atom. The van der Waals surface area contributed by atoms with E-state index in [1.807, 2.05) is 6.92 Å². The van der Waals surface area contributed by atoms with E-state index in [0.717, 1.165) is 38.5 Å². The van der Waals surface area contributed by atoms with Crippen molar-refractivity contribution < 1.29 is 9.59 Å². The molecule has 0 bridgehead atoms. The Morgan fingerprint density at radius 3 is 2.42 bits per heavy atom. The second-order valence-corrected chi connectivity index (χ2v) is 5.45. The van der Waals surface area contributed by atoms with E-state index in [1.54, 1.807) is 0 Å². The summed E-state index contributed by atoms with van der Waals surface area (Å²) in [7, 11) is 0. The van der Waals surface area contributed by atoms with Crippen LogP contribution in [0.25, 0.3) is 0 Å². The third-order valence-electron chi connectivity index (χ3n) is 3.69. The highest BCUT2D eigenvalue weighted by atomic mass is 16.2. The molecule has 110 valence electrons. The van der Waals surface area contributed by atoms with Crippen molar-refractivity contribution in [3.63, 3.8) is 0 Å². The zero-order valence-corrected chi connectivity index (χ0v) is 11.9. The van der Waals surface area contributed by atoms with Crippen LogP contribution in [-0.2, 0) is 9.59 Å². The Morgan fingerprint density at radius 2 is 1.79 bits per heavy atom. The molecule has 1 rings (SSSR count). The third kappa shape index (κ3) is 7.15. The Bertz CT molecular complexity index is 286.